The van der Waals surface area contributed by atoms with Crippen molar-refractivity contribution in [1.29, 1.82) is 0 Å². The summed E-state index contributed by atoms with van der Waals surface area (Å²) in [4.78, 5) is 25.7. The smallest absolute Gasteiger partial charge is 0.272 e. The summed E-state index contributed by atoms with van der Waals surface area (Å²) >= 11 is 1.41. The van der Waals surface area contributed by atoms with E-state index < -0.39 is 0 Å². The number of ether oxygens (including phenoxy) is 2. The van der Waals surface area contributed by atoms with Gasteiger partial charge >= 0.3 is 0 Å². The number of hydrogen-bond acceptors (Lipinski definition) is 7. The molecule has 0 aliphatic carbocycles. The molecule has 1 unspecified atom stereocenters. The van der Waals surface area contributed by atoms with Crippen LogP contribution in [0, 0.1) is 5.92 Å². The number of benzene rings is 1. The third-order valence-electron chi connectivity index (χ3n) is 5.85. The van der Waals surface area contributed by atoms with Crippen molar-refractivity contribution in [2.45, 2.75) is 46.2 Å². The monoisotopic (exact) mass is 481 g/mol. The molecule has 4 aromatic rings. The van der Waals surface area contributed by atoms with Crippen LogP contribution in [0.15, 0.2) is 34.4 Å². The van der Waals surface area contributed by atoms with Crippen LogP contribution in [0.4, 0.5) is 0 Å². The third kappa shape index (κ3) is 4.13. The molecule has 0 saturated carbocycles. The van der Waals surface area contributed by atoms with Gasteiger partial charge in [0, 0.05) is 19.4 Å². The number of nitrogens with zero attached hydrogens (tertiary/aromatic N) is 4. The molecule has 3 aromatic heterocycles. The van der Waals surface area contributed by atoms with E-state index in [9.17, 15) is 9.59 Å². The zero-order valence-corrected chi connectivity index (χ0v) is 20.2. The molecule has 0 bridgehead atoms. The van der Waals surface area contributed by atoms with E-state index in [-0.39, 0.29) is 29.8 Å². The Balaban J connectivity index is 1.33. The number of aryl methyl sites for hydroxylation is 1. The number of thiophene rings is 1. The van der Waals surface area contributed by atoms with Crippen LogP contribution in [0.25, 0.3) is 16.0 Å². The first-order valence-corrected chi connectivity index (χ1v) is 12.3. The number of aromatic nitrogens is 4. The number of amides is 1. The third-order valence-corrected chi connectivity index (χ3v) is 6.74. The van der Waals surface area contributed by atoms with Gasteiger partial charge in [0.1, 0.15) is 23.7 Å². The van der Waals surface area contributed by atoms with Gasteiger partial charge in [-0.25, -0.2) is 0 Å². The fourth-order valence-corrected chi connectivity index (χ4v) is 5.05. The van der Waals surface area contributed by atoms with Crippen molar-refractivity contribution >= 4 is 33.2 Å². The highest BCUT2D eigenvalue weighted by Gasteiger charge is 2.20. The minimum absolute atomic E-state index is 0.0452. The van der Waals surface area contributed by atoms with E-state index >= 15 is 0 Å². The zero-order chi connectivity index (χ0) is 23.8. The summed E-state index contributed by atoms with van der Waals surface area (Å²) in [6.07, 6.45) is 0.663. The first-order valence-electron chi connectivity index (χ1n) is 11.4. The molecule has 0 spiro atoms. The van der Waals surface area contributed by atoms with Crippen LogP contribution in [-0.4, -0.2) is 38.3 Å². The van der Waals surface area contributed by atoms with Crippen molar-refractivity contribution < 1.29 is 14.3 Å². The first kappa shape index (κ1) is 22.4. The van der Waals surface area contributed by atoms with E-state index in [2.05, 4.69) is 29.4 Å². The molecule has 9 nitrogen and oxygen atoms in total. The van der Waals surface area contributed by atoms with Gasteiger partial charge in [-0.2, -0.15) is 0 Å². The number of nitrogens with one attached hydrogen (secondary N) is 1. The standard InChI is InChI=1S/C24H27N5O4S/c1-14(2)13-28-23(31)22-17(8-11-34-22)29-20(26-27-24(28)29)6-7-21(30)25-15(3)16-4-5-18-19(12-16)33-10-9-32-18/h4-5,8,11-12,14-15H,6-7,9-10,13H2,1-3H3,(H,25,30). The lowest BCUT2D eigenvalue weighted by molar-refractivity contribution is -0.121. The first-order chi connectivity index (χ1) is 16.4. The van der Waals surface area contributed by atoms with Crippen LogP contribution in [0.3, 0.4) is 0 Å². The Morgan fingerprint density at radius 1 is 1.15 bits per heavy atom. The molecule has 5 rings (SSSR count). The van der Waals surface area contributed by atoms with Gasteiger partial charge in [-0.05, 0) is 42.0 Å². The number of hydrogen-bond donors (Lipinski definition) is 1. The molecule has 0 radical (unpaired) electrons. The van der Waals surface area contributed by atoms with Crippen molar-refractivity contribution in [3.05, 3.63) is 51.4 Å². The summed E-state index contributed by atoms with van der Waals surface area (Å²) in [7, 11) is 0. The van der Waals surface area contributed by atoms with Crippen LogP contribution in [0.5, 0.6) is 11.5 Å². The summed E-state index contributed by atoms with van der Waals surface area (Å²) in [5.74, 6) is 2.81. The fraction of sp³-hybridized carbons (Fsp3) is 0.417. The van der Waals surface area contributed by atoms with Crippen LogP contribution in [0.1, 0.15) is 44.6 Å². The lowest BCUT2D eigenvalue weighted by Crippen LogP contribution is -2.27. The van der Waals surface area contributed by atoms with Crippen molar-refractivity contribution in [2.75, 3.05) is 13.2 Å². The molecule has 1 atom stereocenters. The maximum Gasteiger partial charge on any atom is 0.272 e. The fourth-order valence-electron chi connectivity index (χ4n) is 4.22. The van der Waals surface area contributed by atoms with Crippen LogP contribution in [0.2, 0.25) is 0 Å². The summed E-state index contributed by atoms with van der Waals surface area (Å²) in [5, 5.41) is 13.6. The van der Waals surface area contributed by atoms with E-state index in [1.807, 2.05) is 41.0 Å². The second-order valence-corrected chi connectivity index (χ2v) is 9.80. The number of carbonyl (C=O) groups is 1. The highest BCUT2D eigenvalue weighted by Crippen LogP contribution is 2.32. The highest BCUT2D eigenvalue weighted by atomic mass is 32.1. The molecule has 1 amide bonds. The Morgan fingerprint density at radius 3 is 2.74 bits per heavy atom. The Labute approximate surface area is 200 Å². The average Bonchev–Trinajstić information content (AvgIpc) is 3.47. The van der Waals surface area contributed by atoms with Gasteiger partial charge in [-0.1, -0.05) is 19.9 Å². The van der Waals surface area contributed by atoms with E-state index in [1.165, 1.54) is 11.3 Å². The van der Waals surface area contributed by atoms with Crippen LogP contribution in [-0.2, 0) is 17.8 Å². The molecule has 1 N–H and O–H groups in total. The molecule has 34 heavy (non-hydrogen) atoms. The van der Waals surface area contributed by atoms with Gasteiger partial charge in [0.25, 0.3) is 5.56 Å². The second-order valence-electron chi connectivity index (χ2n) is 8.89. The normalized spacial score (nSPS) is 14.1. The Kier molecular flexibility index (Phi) is 5.99. The van der Waals surface area contributed by atoms with Crippen molar-refractivity contribution in [3.63, 3.8) is 0 Å². The summed E-state index contributed by atoms with van der Waals surface area (Å²) in [6, 6.07) is 7.44. The molecule has 0 saturated heterocycles. The van der Waals surface area contributed by atoms with E-state index in [1.54, 1.807) is 4.57 Å². The van der Waals surface area contributed by atoms with Gasteiger partial charge in [0.15, 0.2) is 11.5 Å². The van der Waals surface area contributed by atoms with Crippen LogP contribution >= 0.6 is 11.3 Å². The molecule has 4 heterocycles. The maximum absolute atomic E-state index is 13.0. The van der Waals surface area contributed by atoms with E-state index in [4.69, 9.17) is 9.47 Å². The predicted octanol–water partition coefficient (Wildman–Crippen LogP) is 3.34. The topological polar surface area (TPSA) is 99.8 Å². The quantitative estimate of drug-likeness (QED) is 0.435. The molecule has 1 aliphatic rings. The Morgan fingerprint density at radius 2 is 1.94 bits per heavy atom. The molecule has 178 valence electrons. The summed E-state index contributed by atoms with van der Waals surface area (Å²) in [6.45, 7) is 7.68. The summed E-state index contributed by atoms with van der Waals surface area (Å²) in [5.41, 5.74) is 1.69. The molecule has 1 aromatic carbocycles. The molecule has 1 aliphatic heterocycles. The molecular weight excluding hydrogens is 454 g/mol. The van der Waals surface area contributed by atoms with Crippen molar-refractivity contribution in [2.24, 2.45) is 5.92 Å². The SMILES string of the molecule is CC(C)Cn1c(=O)c2sccc2n2c(CCC(=O)NC(C)c3ccc4c(c3)OCCO4)nnc12. The van der Waals surface area contributed by atoms with Crippen molar-refractivity contribution in [1.82, 2.24) is 24.5 Å². The number of rotatable bonds is 7. The average molecular weight is 482 g/mol. The van der Waals surface area contributed by atoms with Crippen molar-refractivity contribution in [3.8, 4) is 11.5 Å². The number of carbonyl (C=O) groups excluding carboxylic acids is 1. The van der Waals surface area contributed by atoms with Gasteiger partial charge in [-0.3, -0.25) is 18.6 Å². The lowest BCUT2D eigenvalue weighted by atomic mass is 10.1. The van der Waals surface area contributed by atoms with E-state index in [0.717, 1.165) is 16.8 Å². The largest absolute Gasteiger partial charge is 0.486 e. The summed E-state index contributed by atoms with van der Waals surface area (Å²) < 4.78 is 15.5. The van der Waals surface area contributed by atoms with E-state index in [0.29, 0.717) is 48.2 Å². The lowest BCUT2D eigenvalue weighted by Gasteiger charge is -2.21. The minimum Gasteiger partial charge on any atom is -0.486 e. The predicted molar refractivity (Wildman–Crippen MR) is 130 cm³/mol. The minimum atomic E-state index is -0.182. The Hall–Kier alpha value is -3.40. The van der Waals surface area contributed by atoms with Gasteiger partial charge in [-0.15, -0.1) is 21.5 Å². The van der Waals surface area contributed by atoms with Gasteiger partial charge < -0.3 is 14.8 Å². The zero-order valence-electron chi connectivity index (χ0n) is 19.4. The van der Waals surface area contributed by atoms with Gasteiger partial charge in [0.2, 0.25) is 11.7 Å². The molecular formula is C24H27N5O4S. The molecule has 0 fully saturated rings. The molecule has 10 heteroatoms. The Bertz CT molecular complexity index is 1420. The van der Waals surface area contributed by atoms with Gasteiger partial charge in [0.05, 0.1) is 11.6 Å². The van der Waals surface area contributed by atoms with Crippen LogP contribution < -0.4 is 20.3 Å². The highest BCUT2D eigenvalue weighted by molar-refractivity contribution is 7.17. The second kappa shape index (κ2) is 9.09. The number of fused-ring (bicyclic) bond motifs is 4. The maximum atomic E-state index is 13.0.